The van der Waals surface area contributed by atoms with Crippen molar-refractivity contribution in [1.29, 1.82) is 0 Å². The summed E-state index contributed by atoms with van der Waals surface area (Å²) in [5.41, 5.74) is 2.86. The van der Waals surface area contributed by atoms with Gasteiger partial charge in [-0.1, -0.05) is 42.2 Å². The summed E-state index contributed by atoms with van der Waals surface area (Å²) in [4.78, 5) is 13.5. The Morgan fingerprint density at radius 1 is 1.35 bits per heavy atom. The van der Waals surface area contributed by atoms with E-state index in [9.17, 15) is 4.79 Å². The lowest BCUT2D eigenvalue weighted by Gasteiger charge is -2.26. The molecule has 0 aliphatic carbocycles. The highest BCUT2D eigenvalue weighted by Gasteiger charge is 2.13. The number of carbonyl (C=O) groups excluding carboxylic acids is 1. The van der Waals surface area contributed by atoms with Gasteiger partial charge in [-0.05, 0) is 30.5 Å². The van der Waals surface area contributed by atoms with Crippen molar-refractivity contribution < 1.29 is 4.79 Å². The zero-order valence-corrected chi connectivity index (χ0v) is 11.9. The lowest BCUT2D eigenvalue weighted by molar-refractivity contribution is -0.116. The Bertz CT molecular complexity index is 552. The molecule has 0 radical (unpaired) electrons. The van der Waals surface area contributed by atoms with Gasteiger partial charge in [-0.3, -0.25) is 9.69 Å². The van der Waals surface area contributed by atoms with Crippen molar-refractivity contribution in [2.24, 2.45) is 0 Å². The zero-order chi connectivity index (χ0) is 14.2. The van der Waals surface area contributed by atoms with Gasteiger partial charge in [0.25, 0.3) is 0 Å². The monoisotopic (exact) mass is 268 g/mol. The molecule has 2 rings (SSSR count). The van der Waals surface area contributed by atoms with E-state index in [0.29, 0.717) is 6.54 Å². The zero-order valence-electron chi connectivity index (χ0n) is 11.9. The summed E-state index contributed by atoms with van der Waals surface area (Å²) in [6.07, 6.45) is 4.31. The van der Waals surface area contributed by atoms with Crippen molar-refractivity contribution in [2.75, 3.05) is 19.6 Å². The first-order valence-corrected chi connectivity index (χ1v) is 6.95. The number of amides is 1. The van der Waals surface area contributed by atoms with E-state index in [4.69, 9.17) is 0 Å². The molecule has 3 heteroatoms. The highest BCUT2D eigenvalue weighted by molar-refractivity contribution is 5.87. The Labute approximate surface area is 120 Å². The first-order valence-electron chi connectivity index (χ1n) is 6.95. The number of benzene rings is 1. The number of fused-ring (bicyclic) bond motifs is 1. The van der Waals surface area contributed by atoms with Crippen LogP contribution in [-0.4, -0.2) is 30.4 Å². The predicted octanol–water partition coefficient (Wildman–Crippen LogP) is 1.74. The SMILES string of the molecule is C/C=C/C(=O)NCC#CCN1CCc2ccccc2C1. The highest BCUT2D eigenvalue weighted by Crippen LogP contribution is 2.17. The van der Waals surface area contributed by atoms with E-state index in [2.05, 4.69) is 46.3 Å². The second kappa shape index (κ2) is 7.52. The summed E-state index contributed by atoms with van der Waals surface area (Å²) in [5, 5.41) is 2.72. The molecule has 0 aromatic heterocycles. The molecule has 104 valence electrons. The molecule has 1 N–H and O–H groups in total. The van der Waals surface area contributed by atoms with Crippen LogP contribution in [0, 0.1) is 11.8 Å². The van der Waals surface area contributed by atoms with Gasteiger partial charge in [-0.25, -0.2) is 0 Å². The first-order chi connectivity index (χ1) is 9.79. The van der Waals surface area contributed by atoms with E-state index in [0.717, 1.165) is 26.1 Å². The molecule has 20 heavy (non-hydrogen) atoms. The van der Waals surface area contributed by atoms with Crippen molar-refractivity contribution in [3.8, 4) is 11.8 Å². The van der Waals surface area contributed by atoms with Crippen molar-refractivity contribution >= 4 is 5.91 Å². The molecular weight excluding hydrogens is 248 g/mol. The first kappa shape index (κ1) is 14.4. The molecule has 1 aliphatic heterocycles. The highest BCUT2D eigenvalue weighted by atomic mass is 16.1. The molecule has 1 amide bonds. The van der Waals surface area contributed by atoms with Crippen LogP contribution in [0.3, 0.4) is 0 Å². The Morgan fingerprint density at radius 3 is 2.95 bits per heavy atom. The third-order valence-electron chi connectivity index (χ3n) is 3.31. The van der Waals surface area contributed by atoms with Crippen molar-refractivity contribution in [1.82, 2.24) is 10.2 Å². The second-order valence-corrected chi connectivity index (χ2v) is 4.80. The minimum absolute atomic E-state index is 0.0892. The van der Waals surface area contributed by atoms with Gasteiger partial charge < -0.3 is 5.32 Å². The van der Waals surface area contributed by atoms with E-state index in [1.54, 1.807) is 6.08 Å². The van der Waals surface area contributed by atoms with Gasteiger partial charge in [0.2, 0.25) is 5.91 Å². The molecule has 3 nitrogen and oxygen atoms in total. The fourth-order valence-electron chi connectivity index (χ4n) is 2.26. The molecule has 0 atom stereocenters. The Hall–Kier alpha value is -2.05. The maximum Gasteiger partial charge on any atom is 0.244 e. The fraction of sp³-hybridized carbons (Fsp3) is 0.353. The fourth-order valence-corrected chi connectivity index (χ4v) is 2.26. The van der Waals surface area contributed by atoms with Gasteiger partial charge >= 0.3 is 0 Å². The minimum atomic E-state index is -0.0892. The van der Waals surface area contributed by atoms with Crippen LogP contribution >= 0.6 is 0 Å². The van der Waals surface area contributed by atoms with E-state index in [1.165, 1.54) is 17.2 Å². The smallest absolute Gasteiger partial charge is 0.244 e. The minimum Gasteiger partial charge on any atom is -0.342 e. The summed E-state index contributed by atoms with van der Waals surface area (Å²) in [6, 6.07) is 8.58. The van der Waals surface area contributed by atoms with Crippen LogP contribution in [0.4, 0.5) is 0 Å². The predicted molar refractivity (Wildman–Crippen MR) is 81.0 cm³/mol. The number of allylic oxidation sites excluding steroid dienone is 1. The molecular formula is C17H20N2O. The van der Waals surface area contributed by atoms with E-state index in [-0.39, 0.29) is 5.91 Å². The van der Waals surface area contributed by atoms with E-state index in [1.807, 2.05) is 6.92 Å². The number of hydrogen-bond donors (Lipinski definition) is 1. The maximum atomic E-state index is 11.2. The lowest BCUT2D eigenvalue weighted by Crippen LogP contribution is -2.30. The van der Waals surface area contributed by atoms with Crippen LogP contribution in [0.15, 0.2) is 36.4 Å². The molecule has 0 bridgehead atoms. The standard InChI is InChI=1S/C17H20N2O/c1-2-7-17(20)18-11-5-6-12-19-13-10-15-8-3-4-9-16(15)14-19/h2-4,7-9H,10-14H2,1H3,(H,18,20)/b7-2+. The van der Waals surface area contributed by atoms with Crippen LogP contribution in [0.25, 0.3) is 0 Å². The number of nitrogens with one attached hydrogen (secondary N) is 1. The molecule has 1 aromatic carbocycles. The van der Waals surface area contributed by atoms with Crippen LogP contribution in [0.5, 0.6) is 0 Å². The lowest BCUT2D eigenvalue weighted by atomic mass is 10.0. The van der Waals surface area contributed by atoms with Crippen molar-refractivity contribution in [2.45, 2.75) is 19.9 Å². The second-order valence-electron chi connectivity index (χ2n) is 4.80. The largest absolute Gasteiger partial charge is 0.342 e. The molecule has 0 fully saturated rings. The number of hydrogen-bond acceptors (Lipinski definition) is 2. The molecule has 0 unspecified atom stereocenters. The molecule has 0 saturated carbocycles. The Balaban J connectivity index is 1.75. The van der Waals surface area contributed by atoms with Crippen LogP contribution < -0.4 is 5.32 Å². The molecule has 0 saturated heterocycles. The van der Waals surface area contributed by atoms with Gasteiger partial charge in [0, 0.05) is 13.1 Å². The normalized spacial score (nSPS) is 14.4. The summed E-state index contributed by atoms with van der Waals surface area (Å²) in [7, 11) is 0. The van der Waals surface area contributed by atoms with Crippen molar-refractivity contribution in [3.05, 3.63) is 47.5 Å². The topological polar surface area (TPSA) is 32.3 Å². The Morgan fingerprint density at radius 2 is 2.15 bits per heavy atom. The summed E-state index contributed by atoms with van der Waals surface area (Å²) >= 11 is 0. The van der Waals surface area contributed by atoms with Crippen LogP contribution in [0.2, 0.25) is 0 Å². The van der Waals surface area contributed by atoms with Gasteiger partial charge in [0.1, 0.15) is 0 Å². The number of nitrogens with zero attached hydrogens (tertiary/aromatic N) is 1. The summed E-state index contributed by atoms with van der Waals surface area (Å²) < 4.78 is 0. The van der Waals surface area contributed by atoms with Gasteiger partial charge in [-0.15, -0.1) is 0 Å². The van der Waals surface area contributed by atoms with E-state index < -0.39 is 0 Å². The summed E-state index contributed by atoms with van der Waals surface area (Å²) in [6.45, 7) is 5.01. The maximum absolute atomic E-state index is 11.2. The molecule has 0 spiro atoms. The van der Waals surface area contributed by atoms with Gasteiger partial charge in [0.15, 0.2) is 0 Å². The van der Waals surface area contributed by atoms with Gasteiger partial charge in [-0.2, -0.15) is 0 Å². The average Bonchev–Trinajstić information content (AvgIpc) is 2.47. The van der Waals surface area contributed by atoms with Gasteiger partial charge in [0.05, 0.1) is 13.1 Å². The third-order valence-corrected chi connectivity index (χ3v) is 3.31. The molecule has 1 heterocycles. The van der Waals surface area contributed by atoms with Crippen LogP contribution in [-0.2, 0) is 17.8 Å². The van der Waals surface area contributed by atoms with Crippen molar-refractivity contribution in [3.63, 3.8) is 0 Å². The number of rotatable bonds is 3. The Kier molecular flexibility index (Phi) is 5.40. The molecule has 1 aromatic rings. The number of carbonyl (C=O) groups is 1. The summed E-state index contributed by atoms with van der Waals surface area (Å²) in [5.74, 6) is 6.02. The van der Waals surface area contributed by atoms with Crippen LogP contribution in [0.1, 0.15) is 18.1 Å². The quantitative estimate of drug-likeness (QED) is 0.669. The molecule has 1 aliphatic rings. The average molecular weight is 268 g/mol. The van der Waals surface area contributed by atoms with E-state index >= 15 is 0 Å². The third kappa shape index (κ3) is 4.25.